The summed E-state index contributed by atoms with van der Waals surface area (Å²) in [6.07, 6.45) is 1.34. The lowest BCUT2D eigenvalue weighted by Crippen LogP contribution is -2.07. The molecule has 0 saturated carbocycles. The Morgan fingerprint density at radius 3 is 2.47 bits per heavy atom. The molecular formula is C10H17NO4. The number of hydrogen-bond acceptors (Lipinski definition) is 5. The van der Waals surface area contributed by atoms with Crippen LogP contribution < -0.4 is 0 Å². The summed E-state index contributed by atoms with van der Waals surface area (Å²) < 4.78 is 14.8. The summed E-state index contributed by atoms with van der Waals surface area (Å²) in [4.78, 5) is 10.7. The van der Waals surface area contributed by atoms with E-state index in [0.29, 0.717) is 32.8 Å². The predicted octanol–water partition coefficient (Wildman–Crippen LogP) is 0.886. The monoisotopic (exact) mass is 215 g/mol. The summed E-state index contributed by atoms with van der Waals surface area (Å²) in [5, 5.41) is 8.17. The third kappa shape index (κ3) is 10.8. The Morgan fingerprint density at radius 1 is 1.20 bits per heavy atom. The van der Waals surface area contributed by atoms with Gasteiger partial charge in [-0.3, -0.25) is 4.79 Å². The maximum absolute atomic E-state index is 10.7. The van der Waals surface area contributed by atoms with Crippen molar-refractivity contribution in [2.75, 3.05) is 33.5 Å². The van der Waals surface area contributed by atoms with Gasteiger partial charge in [-0.25, -0.2) is 0 Å². The Kier molecular flexibility index (Phi) is 10.1. The van der Waals surface area contributed by atoms with E-state index < -0.39 is 5.97 Å². The summed E-state index contributed by atoms with van der Waals surface area (Å²) in [7, 11) is 1.65. The molecule has 0 saturated heterocycles. The van der Waals surface area contributed by atoms with Crippen LogP contribution in [0.2, 0.25) is 0 Å². The van der Waals surface area contributed by atoms with Crippen LogP contribution in [0.15, 0.2) is 0 Å². The smallest absolute Gasteiger partial charge is 0.320 e. The van der Waals surface area contributed by atoms with Crippen molar-refractivity contribution in [3.63, 3.8) is 0 Å². The van der Waals surface area contributed by atoms with Crippen molar-refractivity contribution in [2.24, 2.45) is 0 Å². The fourth-order valence-corrected chi connectivity index (χ4v) is 0.870. The SMILES string of the molecule is COCCCOCCCOC(=O)CC#N. The lowest BCUT2D eigenvalue weighted by Gasteiger charge is -2.04. The highest BCUT2D eigenvalue weighted by molar-refractivity contribution is 5.71. The van der Waals surface area contributed by atoms with Crippen LogP contribution in [-0.2, 0) is 19.0 Å². The van der Waals surface area contributed by atoms with Crippen LogP contribution in [-0.4, -0.2) is 39.5 Å². The van der Waals surface area contributed by atoms with Crippen molar-refractivity contribution in [3.8, 4) is 6.07 Å². The van der Waals surface area contributed by atoms with Gasteiger partial charge in [-0.05, 0) is 6.42 Å². The van der Waals surface area contributed by atoms with E-state index in [4.69, 9.17) is 19.5 Å². The molecule has 0 N–H and O–H groups in total. The minimum Gasteiger partial charge on any atom is -0.465 e. The van der Waals surface area contributed by atoms with E-state index in [1.165, 1.54) is 0 Å². The molecule has 0 aliphatic rings. The van der Waals surface area contributed by atoms with Gasteiger partial charge in [0, 0.05) is 33.4 Å². The molecule has 0 fully saturated rings. The third-order valence-corrected chi connectivity index (χ3v) is 1.56. The number of nitrogens with zero attached hydrogens (tertiary/aromatic N) is 1. The van der Waals surface area contributed by atoms with Crippen molar-refractivity contribution in [2.45, 2.75) is 19.3 Å². The number of methoxy groups -OCH3 is 1. The fraction of sp³-hybridized carbons (Fsp3) is 0.800. The van der Waals surface area contributed by atoms with Crippen LogP contribution in [0.5, 0.6) is 0 Å². The van der Waals surface area contributed by atoms with E-state index in [9.17, 15) is 4.79 Å². The van der Waals surface area contributed by atoms with Crippen LogP contribution in [0.3, 0.4) is 0 Å². The first-order chi connectivity index (χ1) is 7.31. The van der Waals surface area contributed by atoms with Crippen molar-refractivity contribution in [1.82, 2.24) is 0 Å². The zero-order chi connectivity index (χ0) is 11.4. The minimum atomic E-state index is -0.475. The Balaban J connectivity index is 3.05. The van der Waals surface area contributed by atoms with E-state index in [2.05, 4.69) is 0 Å². The minimum absolute atomic E-state index is 0.186. The predicted molar refractivity (Wildman–Crippen MR) is 53.1 cm³/mol. The fourth-order valence-electron chi connectivity index (χ4n) is 0.870. The van der Waals surface area contributed by atoms with Gasteiger partial charge in [0.2, 0.25) is 0 Å². The van der Waals surface area contributed by atoms with Crippen LogP contribution in [0.1, 0.15) is 19.3 Å². The molecule has 0 radical (unpaired) electrons. The van der Waals surface area contributed by atoms with E-state index in [1.54, 1.807) is 13.2 Å². The first-order valence-corrected chi connectivity index (χ1v) is 4.90. The summed E-state index contributed by atoms with van der Waals surface area (Å²) in [5.74, 6) is -0.475. The van der Waals surface area contributed by atoms with Gasteiger partial charge >= 0.3 is 5.97 Å². The molecule has 5 nitrogen and oxygen atoms in total. The summed E-state index contributed by atoms with van der Waals surface area (Å²) >= 11 is 0. The Hall–Kier alpha value is -1.12. The third-order valence-electron chi connectivity index (χ3n) is 1.56. The number of rotatable bonds is 9. The molecule has 0 atom stereocenters. The normalized spacial score (nSPS) is 9.60. The lowest BCUT2D eigenvalue weighted by molar-refractivity contribution is -0.142. The second-order valence-corrected chi connectivity index (χ2v) is 2.87. The topological polar surface area (TPSA) is 68.6 Å². The molecule has 0 heterocycles. The van der Waals surface area contributed by atoms with Crippen molar-refractivity contribution in [1.29, 1.82) is 5.26 Å². The zero-order valence-electron chi connectivity index (χ0n) is 9.03. The van der Waals surface area contributed by atoms with Gasteiger partial charge in [0.15, 0.2) is 0 Å². The number of carbonyl (C=O) groups excluding carboxylic acids is 1. The van der Waals surface area contributed by atoms with Crippen LogP contribution in [0.25, 0.3) is 0 Å². The molecule has 0 aliphatic carbocycles. The maximum atomic E-state index is 10.7. The maximum Gasteiger partial charge on any atom is 0.320 e. The molecule has 0 bridgehead atoms. The molecule has 0 amide bonds. The number of ether oxygens (including phenoxy) is 3. The standard InChI is InChI=1S/C10H17NO4/c1-13-6-2-7-14-8-3-9-15-10(12)4-5-11/h2-4,6-9H2,1H3. The molecule has 0 aliphatic heterocycles. The molecule has 5 heteroatoms. The number of carbonyl (C=O) groups is 1. The number of hydrogen-bond donors (Lipinski definition) is 0. The first kappa shape index (κ1) is 13.9. The quantitative estimate of drug-likeness (QED) is 0.422. The second kappa shape index (κ2) is 11.0. The van der Waals surface area contributed by atoms with Crippen molar-refractivity contribution in [3.05, 3.63) is 0 Å². The van der Waals surface area contributed by atoms with Gasteiger partial charge in [0.25, 0.3) is 0 Å². The Labute approximate surface area is 89.9 Å². The number of nitriles is 1. The van der Waals surface area contributed by atoms with Gasteiger partial charge in [0.05, 0.1) is 12.7 Å². The van der Waals surface area contributed by atoms with Gasteiger partial charge in [-0.15, -0.1) is 0 Å². The molecule has 0 aromatic rings. The highest BCUT2D eigenvalue weighted by Gasteiger charge is 1.99. The van der Waals surface area contributed by atoms with E-state index >= 15 is 0 Å². The van der Waals surface area contributed by atoms with Crippen molar-refractivity contribution >= 4 is 5.97 Å². The van der Waals surface area contributed by atoms with Crippen LogP contribution in [0, 0.1) is 11.3 Å². The van der Waals surface area contributed by atoms with Gasteiger partial charge in [-0.1, -0.05) is 0 Å². The van der Waals surface area contributed by atoms with Crippen molar-refractivity contribution < 1.29 is 19.0 Å². The van der Waals surface area contributed by atoms with E-state index in [0.717, 1.165) is 6.42 Å². The highest BCUT2D eigenvalue weighted by Crippen LogP contribution is 1.90. The summed E-state index contributed by atoms with van der Waals surface area (Å²) in [5.41, 5.74) is 0. The Bertz CT molecular complexity index is 200. The largest absolute Gasteiger partial charge is 0.465 e. The number of esters is 1. The second-order valence-electron chi connectivity index (χ2n) is 2.87. The van der Waals surface area contributed by atoms with Crippen LogP contribution in [0.4, 0.5) is 0 Å². The molecule has 0 unspecified atom stereocenters. The molecule has 0 rings (SSSR count). The summed E-state index contributed by atoms with van der Waals surface area (Å²) in [6, 6.07) is 1.72. The lowest BCUT2D eigenvalue weighted by atomic mass is 10.4. The highest BCUT2D eigenvalue weighted by atomic mass is 16.5. The zero-order valence-corrected chi connectivity index (χ0v) is 9.03. The van der Waals surface area contributed by atoms with E-state index in [1.807, 2.05) is 0 Å². The van der Waals surface area contributed by atoms with Gasteiger partial charge < -0.3 is 14.2 Å². The molecule has 86 valence electrons. The average molecular weight is 215 g/mol. The van der Waals surface area contributed by atoms with Gasteiger partial charge in [-0.2, -0.15) is 5.26 Å². The van der Waals surface area contributed by atoms with Gasteiger partial charge in [0.1, 0.15) is 6.42 Å². The molecular weight excluding hydrogens is 198 g/mol. The van der Waals surface area contributed by atoms with E-state index in [-0.39, 0.29) is 6.42 Å². The van der Waals surface area contributed by atoms with Crippen LogP contribution >= 0.6 is 0 Å². The summed E-state index contributed by atoms with van der Waals surface area (Å²) in [6.45, 7) is 2.21. The molecule has 0 spiro atoms. The molecule has 0 aromatic carbocycles. The first-order valence-electron chi connectivity index (χ1n) is 4.90. The Morgan fingerprint density at radius 2 is 1.87 bits per heavy atom. The molecule has 0 aromatic heterocycles. The molecule has 15 heavy (non-hydrogen) atoms. The average Bonchev–Trinajstić information content (AvgIpc) is 2.22.